The molecule has 0 aromatic carbocycles. The topological polar surface area (TPSA) is 237 Å². The van der Waals surface area contributed by atoms with Gasteiger partial charge in [-0.2, -0.15) is 0 Å². The second-order valence-corrected chi connectivity index (χ2v) is 28.5. The quantitative estimate of drug-likeness (QED) is 0.0169. The van der Waals surface area contributed by atoms with E-state index in [1.165, 1.54) is 96.3 Å². The van der Waals surface area contributed by atoms with Crippen LogP contribution in [0.1, 0.15) is 323 Å². The van der Waals surface area contributed by atoms with Gasteiger partial charge in [0, 0.05) is 25.7 Å². The number of aliphatic hydroxyl groups is 1. The van der Waals surface area contributed by atoms with Gasteiger partial charge in [-0.3, -0.25) is 37.3 Å². The molecule has 0 aromatic rings. The summed E-state index contributed by atoms with van der Waals surface area (Å²) in [4.78, 5) is 72.8. The van der Waals surface area contributed by atoms with Crippen LogP contribution in [0.4, 0.5) is 0 Å². The monoisotopic (exact) mass is 1420 g/mol. The third-order valence-corrected chi connectivity index (χ3v) is 17.9. The van der Waals surface area contributed by atoms with Crippen LogP contribution in [0.5, 0.6) is 0 Å². The largest absolute Gasteiger partial charge is 0.472 e. The zero-order valence-corrected chi connectivity index (χ0v) is 63.5. The molecular formula is C79H138O17P2. The molecule has 0 fully saturated rings. The second kappa shape index (κ2) is 71.4. The van der Waals surface area contributed by atoms with E-state index in [1.807, 2.05) is 12.2 Å². The van der Waals surface area contributed by atoms with Crippen molar-refractivity contribution in [3.05, 3.63) is 97.2 Å². The van der Waals surface area contributed by atoms with Gasteiger partial charge in [-0.15, -0.1) is 0 Å². The van der Waals surface area contributed by atoms with Gasteiger partial charge >= 0.3 is 39.5 Å². The van der Waals surface area contributed by atoms with Crippen LogP contribution in [0.3, 0.4) is 0 Å². The van der Waals surface area contributed by atoms with Crippen molar-refractivity contribution in [3.63, 3.8) is 0 Å². The zero-order valence-electron chi connectivity index (χ0n) is 61.7. The maximum Gasteiger partial charge on any atom is 0.472 e. The van der Waals surface area contributed by atoms with Crippen LogP contribution >= 0.6 is 15.6 Å². The summed E-state index contributed by atoms with van der Waals surface area (Å²) >= 11 is 0. The van der Waals surface area contributed by atoms with E-state index in [0.29, 0.717) is 32.1 Å². The summed E-state index contributed by atoms with van der Waals surface area (Å²) in [6.45, 7) is 4.62. The highest BCUT2D eigenvalue weighted by Crippen LogP contribution is 2.45. The fourth-order valence-electron chi connectivity index (χ4n) is 10.2. The van der Waals surface area contributed by atoms with E-state index in [2.05, 4.69) is 113 Å². The van der Waals surface area contributed by atoms with Crippen molar-refractivity contribution in [1.29, 1.82) is 0 Å². The first-order chi connectivity index (χ1) is 47.7. The number of ether oxygens (including phenoxy) is 4. The molecule has 0 radical (unpaired) electrons. The molecule has 98 heavy (non-hydrogen) atoms. The van der Waals surface area contributed by atoms with Crippen molar-refractivity contribution in [3.8, 4) is 0 Å². The normalized spacial score (nSPS) is 14.5. The Morgan fingerprint density at radius 3 is 0.918 bits per heavy atom. The van der Waals surface area contributed by atoms with E-state index in [1.54, 1.807) is 0 Å². The zero-order chi connectivity index (χ0) is 71.8. The van der Waals surface area contributed by atoms with Crippen molar-refractivity contribution >= 4 is 39.5 Å². The third kappa shape index (κ3) is 70.4. The maximum atomic E-state index is 13.1. The number of allylic oxidation sites excluding steroid dienone is 16. The molecule has 0 aliphatic carbocycles. The lowest BCUT2D eigenvalue weighted by atomic mass is 10.0. The minimum Gasteiger partial charge on any atom is -0.462 e. The molecule has 0 spiro atoms. The van der Waals surface area contributed by atoms with Crippen molar-refractivity contribution in [2.45, 2.75) is 341 Å². The van der Waals surface area contributed by atoms with Gasteiger partial charge < -0.3 is 33.8 Å². The first-order valence-corrected chi connectivity index (χ1v) is 41.5. The Morgan fingerprint density at radius 1 is 0.296 bits per heavy atom. The Balaban J connectivity index is 5.38. The molecule has 0 heterocycles. The van der Waals surface area contributed by atoms with E-state index in [9.17, 15) is 43.2 Å². The molecule has 0 aliphatic rings. The molecule has 3 N–H and O–H groups in total. The van der Waals surface area contributed by atoms with E-state index in [-0.39, 0.29) is 25.7 Å². The molecule has 0 saturated heterocycles. The summed E-state index contributed by atoms with van der Waals surface area (Å²) < 4.78 is 68.4. The van der Waals surface area contributed by atoms with Gasteiger partial charge in [0.25, 0.3) is 0 Å². The number of rotatable bonds is 72. The molecule has 19 heteroatoms. The van der Waals surface area contributed by atoms with Crippen molar-refractivity contribution < 1.29 is 80.2 Å². The Morgan fingerprint density at radius 2 is 0.561 bits per heavy atom. The standard InChI is InChI=1S/C79H138O17P2/c1-5-9-13-17-21-25-29-33-35-36-38-42-44-48-52-56-60-64-77(82)90-70-75(96-79(84)66-62-58-54-50-46-40-32-28-24-20-16-12-8-4)72-94-98(87,88)92-68-73(80)67-91-97(85,86)93-71-74(95-78(83)65-61-57-53-49-45-39-31-27-23-19-15-11-7-3)69-89-76(81)63-59-55-51-47-43-41-37-34-30-26-22-18-14-10-6-2/h9,13,15,19,21,25,27-28,31-33,35,38,42,48,52,73-75,80H,5-8,10-12,14,16-18,20,22-24,26,29-30,34,36-37,39-41,43-47,49-51,53-72H2,1-4H3,(H,85,86)(H,87,88)/b13-9-,19-15-,25-21-,31-27-,32-28-,35-33-,42-38-,52-48-. The number of unbranched alkanes of at least 4 members (excludes halogenated alkanes) is 30. The van der Waals surface area contributed by atoms with Gasteiger partial charge in [0.2, 0.25) is 0 Å². The molecule has 0 aromatic heterocycles. The highest BCUT2D eigenvalue weighted by Gasteiger charge is 2.30. The Hall–Kier alpha value is -4.02. The Kier molecular flexibility index (Phi) is 68.4. The molecule has 5 unspecified atom stereocenters. The summed E-state index contributed by atoms with van der Waals surface area (Å²) in [5.41, 5.74) is 0. The summed E-state index contributed by atoms with van der Waals surface area (Å²) in [7, 11) is -9.96. The van der Waals surface area contributed by atoms with Gasteiger partial charge in [0.05, 0.1) is 26.4 Å². The Bertz CT molecular complexity index is 2240. The average molecular weight is 1420 g/mol. The van der Waals surface area contributed by atoms with E-state index in [0.717, 1.165) is 141 Å². The number of aliphatic hydroxyl groups excluding tert-OH is 1. The molecule has 5 atom stereocenters. The molecule has 0 bridgehead atoms. The smallest absolute Gasteiger partial charge is 0.462 e. The van der Waals surface area contributed by atoms with Crippen LogP contribution in [0.25, 0.3) is 0 Å². The fourth-order valence-corrected chi connectivity index (χ4v) is 11.8. The summed E-state index contributed by atoms with van der Waals surface area (Å²) in [5, 5.41) is 10.6. The highest BCUT2D eigenvalue weighted by atomic mass is 31.2. The first kappa shape index (κ1) is 94.0. The van der Waals surface area contributed by atoms with E-state index >= 15 is 0 Å². The summed E-state index contributed by atoms with van der Waals surface area (Å²) in [6, 6.07) is 0. The minimum absolute atomic E-state index is 0.0725. The van der Waals surface area contributed by atoms with Gasteiger partial charge in [0.1, 0.15) is 19.3 Å². The summed E-state index contributed by atoms with van der Waals surface area (Å²) in [6.07, 6.45) is 74.0. The van der Waals surface area contributed by atoms with Gasteiger partial charge in [-0.25, -0.2) is 9.13 Å². The molecule has 566 valence electrons. The van der Waals surface area contributed by atoms with Crippen molar-refractivity contribution in [1.82, 2.24) is 0 Å². The van der Waals surface area contributed by atoms with Crippen molar-refractivity contribution in [2.75, 3.05) is 39.6 Å². The molecule has 0 saturated carbocycles. The van der Waals surface area contributed by atoms with E-state index in [4.69, 9.17) is 37.0 Å². The SMILES string of the molecule is CC/C=C\C/C=C\C/C=C\C/C=C\C/C=C\CCCC(=O)OCC(COP(=O)(O)OCC(O)COP(=O)(O)OCC(COC(=O)CCCCCCCCCCCCCCCCC)OC(=O)CCCCCCC/C=C\C/C=C\CCC)OC(=O)CCCCCCC/C=C\CCCCCC. The number of carbonyl (C=O) groups excluding carboxylic acids is 4. The molecule has 0 amide bonds. The van der Waals surface area contributed by atoms with E-state index < -0.39 is 97.5 Å². The van der Waals surface area contributed by atoms with Crippen LogP contribution in [-0.4, -0.2) is 96.7 Å². The summed E-state index contributed by atoms with van der Waals surface area (Å²) in [5.74, 6) is -2.25. The second-order valence-electron chi connectivity index (χ2n) is 25.6. The van der Waals surface area contributed by atoms with Crippen LogP contribution in [0, 0.1) is 0 Å². The molecular weight excluding hydrogens is 1280 g/mol. The number of phosphoric ester groups is 2. The molecule has 0 aliphatic heterocycles. The van der Waals surface area contributed by atoms with Crippen LogP contribution in [0.15, 0.2) is 97.2 Å². The molecule has 0 rings (SSSR count). The average Bonchev–Trinajstić information content (AvgIpc) is 0.969. The van der Waals surface area contributed by atoms with Gasteiger partial charge in [0.15, 0.2) is 12.2 Å². The number of esters is 4. The fraction of sp³-hybridized carbons (Fsp3) is 0.747. The number of carbonyl (C=O) groups is 4. The highest BCUT2D eigenvalue weighted by molar-refractivity contribution is 7.47. The lowest BCUT2D eigenvalue weighted by Gasteiger charge is -2.21. The van der Waals surface area contributed by atoms with Crippen LogP contribution < -0.4 is 0 Å². The lowest BCUT2D eigenvalue weighted by Crippen LogP contribution is -2.30. The lowest BCUT2D eigenvalue weighted by molar-refractivity contribution is -0.161. The maximum absolute atomic E-state index is 13.1. The predicted molar refractivity (Wildman–Crippen MR) is 399 cm³/mol. The van der Waals surface area contributed by atoms with Gasteiger partial charge in [-0.1, -0.05) is 279 Å². The number of phosphoric acid groups is 2. The number of hydrogen-bond acceptors (Lipinski definition) is 15. The van der Waals surface area contributed by atoms with Gasteiger partial charge in [-0.05, 0) is 116 Å². The van der Waals surface area contributed by atoms with Crippen LogP contribution in [0.2, 0.25) is 0 Å². The predicted octanol–water partition coefficient (Wildman–Crippen LogP) is 22.0. The third-order valence-electron chi connectivity index (χ3n) is 16.0. The molecule has 17 nitrogen and oxygen atoms in total. The number of hydrogen-bond donors (Lipinski definition) is 3. The Labute approximate surface area is 595 Å². The van der Waals surface area contributed by atoms with Crippen molar-refractivity contribution in [2.24, 2.45) is 0 Å². The van der Waals surface area contributed by atoms with Crippen LogP contribution in [-0.2, 0) is 65.4 Å². The first-order valence-electron chi connectivity index (χ1n) is 38.5. The minimum atomic E-state index is -4.99.